The minimum atomic E-state index is -4.56. The monoisotopic (exact) mass is 298 g/mol. The van der Waals surface area contributed by atoms with Crippen LogP contribution in [0.1, 0.15) is 29.5 Å². The lowest BCUT2D eigenvalue weighted by Gasteiger charge is -2.11. The van der Waals surface area contributed by atoms with E-state index in [1.165, 1.54) is 18.2 Å². The summed E-state index contributed by atoms with van der Waals surface area (Å²) in [5.74, 6) is -1.54. The van der Waals surface area contributed by atoms with E-state index in [1.807, 2.05) is 6.92 Å². The molecule has 1 saturated carbocycles. The van der Waals surface area contributed by atoms with Gasteiger partial charge in [0.15, 0.2) is 0 Å². The number of fused-ring (bicyclic) bond motifs is 1. The second-order valence-electron chi connectivity index (χ2n) is 5.53. The zero-order valence-electron chi connectivity index (χ0n) is 11.2. The van der Waals surface area contributed by atoms with E-state index in [2.05, 4.69) is 4.98 Å². The van der Waals surface area contributed by atoms with Gasteiger partial charge in [0.25, 0.3) is 0 Å². The molecule has 1 aromatic carbocycles. The number of rotatable bonds is 3. The van der Waals surface area contributed by atoms with Gasteiger partial charge < -0.3 is 9.67 Å². The quantitative estimate of drug-likeness (QED) is 0.944. The van der Waals surface area contributed by atoms with Crippen molar-refractivity contribution in [3.05, 3.63) is 29.6 Å². The molecule has 0 amide bonds. The zero-order valence-corrected chi connectivity index (χ0v) is 11.2. The molecule has 1 fully saturated rings. The average Bonchev–Trinajstić information content (AvgIpc) is 2.95. The Morgan fingerprint density at radius 1 is 1.48 bits per heavy atom. The molecule has 0 radical (unpaired) electrons. The fraction of sp³-hybridized carbons (Fsp3) is 0.429. The molecule has 0 saturated heterocycles. The number of carbonyl (C=O) groups is 1. The first-order chi connectivity index (χ1) is 9.77. The molecule has 3 rings (SSSR count). The predicted molar refractivity (Wildman–Crippen MR) is 69.0 cm³/mol. The van der Waals surface area contributed by atoms with Crippen molar-refractivity contribution in [3.8, 4) is 0 Å². The minimum absolute atomic E-state index is 0.0405. The fourth-order valence-corrected chi connectivity index (χ4v) is 2.54. The highest BCUT2D eigenvalue weighted by Gasteiger charge is 2.40. The minimum Gasteiger partial charge on any atom is -0.478 e. The van der Waals surface area contributed by atoms with Crippen molar-refractivity contribution in [2.75, 3.05) is 0 Å². The van der Waals surface area contributed by atoms with Gasteiger partial charge in [-0.15, -0.1) is 0 Å². The number of imidazole rings is 1. The Bertz CT molecular complexity index is 721. The van der Waals surface area contributed by atoms with Crippen LogP contribution in [0.3, 0.4) is 0 Å². The highest BCUT2D eigenvalue weighted by molar-refractivity contribution is 5.92. The Balaban J connectivity index is 2.16. The van der Waals surface area contributed by atoms with E-state index in [-0.39, 0.29) is 29.1 Å². The number of benzene rings is 1. The van der Waals surface area contributed by atoms with Crippen molar-refractivity contribution in [3.63, 3.8) is 0 Å². The summed E-state index contributed by atoms with van der Waals surface area (Å²) >= 11 is 0. The molecule has 1 N–H and O–H groups in total. The second kappa shape index (κ2) is 4.47. The van der Waals surface area contributed by atoms with Crippen molar-refractivity contribution >= 4 is 17.0 Å². The van der Waals surface area contributed by atoms with Crippen LogP contribution >= 0.6 is 0 Å². The lowest BCUT2D eigenvalue weighted by molar-refractivity contribution is -0.147. The topological polar surface area (TPSA) is 55.1 Å². The third kappa shape index (κ3) is 2.48. The van der Waals surface area contributed by atoms with Crippen molar-refractivity contribution < 1.29 is 23.1 Å². The smallest absolute Gasteiger partial charge is 0.449 e. The van der Waals surface area contributed by atoms with E-state index in [1.54, 1.807) is 0 Å². The molecule has 112 valence electrons. The molecule has 1 aliphatic carbocycles. The maximum Gasteiger partial charge on any atom is 0.449 e. The van der Waals surface area contributed by atoms with Crippen molar-refractivity contribution in [1.82, 2.24) is 9.55 Å². The zero-order chi connectivity index (χ0) is 15.4. The van der Waals surface area contributed by atoms with Crippen LogP contribution in [0.2, 0.25) is 0 Å². The molecule has 0 spiro atoms. The summed E-state index contributed by atoms with van der Waals surface area (Å²) in [4.78, 5) is 14.6. The molecule has 21 heavy (non-hydrogen) atoms. The normalized spacial score (nSPS) is 21.7. The maximum absolute atomic E-state index is 13.1. The third-order valence-corrected chi connectivity index (χ3v) is 3.94. The molecular formula is C14H13F3N2O2. The van der Waals surface area contributed by atoms with Crippen LogP contribution in [0, 0.1) is 11.8 Å². The van der Waals surface area contributed by atoms with Crippen LogP contribution in [0.5, 0.6) is 0 Å². The van der Waals surface area contributed by atoms with Gasteiger partial charge >= 0.3 is 12.1 Å². The second-order valence-corrected chi connectivity index (χ2v) is 5.53. The number of carboxylic acids is 1. The van der Waals surface area contributed by atoms with Gasteiger partial charge in [-0.25, -0.2) is 9.78 Å². The van der Waals surface area contributed by atoms with Crippen LogP contribution in [-0.4, -0.2) is 20.6 Å². The number of carboxylic acid groups (broad SMARTS) is 1. The molecular weight excluding hydrogens is 285 g/mol. The lowest BCUT2D eigenvalue weighted by atomic mass is 10.2. The molecule has 1 heterocycles. The summed E-state index contributed by atoms with van der Waals surface area (Å²) in [5, 5.41) is 8.99. The number of nitrogens with zero attached hydrogens (tertiary/aromatic N) is 2. The summed E-state index contributed by atoms with van der Waals surface area (Å²) in [7, 11) is 0. The Kier molecular flexibility index (Phi) is 2.96. The molecule has 0 aliphatic heterocycles. The first-order valence-corrected chi connectivity index (χ1v) is 6.58. The Hall–Kier alpha value is -2.05. The molecule has 2 aromatic rings. The number of aromatic nitrogens is 2. The summed E-state index contributed by atoms with van der Waals surface area (Å²) in [6.07, 6.45) is -3.67. The Morgan fingerprint density at radius 2 is 2.14 bits per heavy atom. The number of hydrogen-bond donors (Lipinski definition) is 1. The number of aromatic carboxylic acids is 1. The van der Waals surface area contributed by atoms with Gasteiger partial charge in [0.1, 0.15) is 0 Å². The van der Waals surface area contributed by atoms with Crippen LogP contribution in [-0.2, 0) is 12.7 Å². The summed E-state index contributed by atoms with van der Waals surface area (Å²) < 4.78 is 40.4. The molecule has 2 atom stereocenters. The predicted octanol–water partition coefficient (Wildman–Crippen LogP) is 3.41. The van der Waals surface area contributed by atoms with E-state index in [4.69, 9.17) is 5.11 Å². The van der Waals surface area contributed by atoms with Gasteiger partial charge in [0.05, 0.1) is 16.6 Å². The van der Waals surface area contributed by atoms with E-state index in [0.29, 0.717) is 5.92 Å². The van der Waals surface area contributed by atoms with Crippen molar-refractivity contribution in [2.24, 2.45) is 11.8 Å². The number of hydrogen-bond acceptors (Lipinski definition) is 2. The first kappa shape index (κ1) is 13.9. The van der Waals surface area contributed by atoms with Crippen LogP contribution in [0.15, 0.2) is 18.2 Å². The van der Waals surface area contributed by atoms with Gasteiger partial charge in [-0.2, -0.15) is 13.2 Å². The molecule has 1 aromatic heterocycles. The van der Waals surface area contributed by atoms with Crippen molar-refractivity contribution in [1.29, 1.82) is 0 Å². The van der Waals surface area contributed by atoms with E-state index in [0.717, 1.165) is 11.0 Å². The number of alkyl halides is 3. The van der Waals surface area contributed by atoms with E-state index >= 15 is 0 Å². The summed E-state index contributed by atoms with van der Waals surface area (Å²) in [6, 6.07) is 3.84. The van der Waals surface area contributed by atoms with Crippen LogP contribution < -0.4 is 0 Å². The van der Waals surface area contributed by atoms with E-state index < -0.39 is 18.0 Å². The van der Waals surface area contributed by atoms with Crippen molar-refractivity contribution in [2.45, 2.75) is 26.1 Å². The molecule has 2 unspecified atom stereocenters. The molecule has 7 heteroatoms. The fourth-order valence-electron chi connectivity index (χ4n) is 2.54. The van der Waals surface area contributed by atoms with Gasteiger partial charge in [0, 0.05) is 6.54 Å². The van der Waals surface area contributed by atoms with Gasteiger partial charge in [0.2, 0.25) is 5.82 Å². The van der Waals surface area contributed by atoms with Gasteiger partial charge in [-0.3, -0.25) is 0 Å². The Labute approximate surface area is 118 Å². The Morgan fingerprint density at radius 3 is 2.67 bits per heavy atom. The first-order valence-electron chi connectivity index (χ1n) is 6.58. The highest BCUT2D eigenvalue weighted by Crippen LogP contribution is 2.41. The molecule has 4 nitrogen and oxygen atoms in total. The maximum atomic E-state index is 13.1. The third-order valence-electron chi connectivity index (χ3n) is 3.94. The standard InChI is InChI=1S/C14H13F3N2O2/c1-7-4-9(7)6-19-11-5-8(12(20)21)2-3-10(11)18-13(19)14(15,16)17/h2-3,5,7,9H,4,6H2,1H3,(H,20,21). The van der Waals surface area contributed by atoms with Gasteiger partial charge in [-0.05, 0) is 36.5 Å². The molecule has 1 aliphatic rings. The average molecular weight is 298 g/mol. The molecule has 0 bridgehead atoms. The van der Waals surface area contributed by atoms with E-state index in [9.17, 15) is 18.0 Å². The van der Waals surface area contributed by atoms with Crippen LogP contribution in [0.4, 0.5) is 13.2 Å². The lowest BCUT2D eigenvalue weighted by Crippen LogP contribution is -2.16. The SMILES string of the molecule is CC1CC1Cn1c(C(F)(F)F)nc2ccc(C(=O)O)cc21. The van der Waals surface area contributed by atoms with Crippen LogP contribution in [0.25, 0.3) is 11.0 Å². The number of halogens is 3. The highest BCUT2D eigenvalue weighted by atomic mass is 19.4. The largest absolute Gasteiger partial charge is 0.478 e. The summed E-state index contributed by atoms with van der Waals surface area (Å²) in [5.41, 5.74) is 0.350. The van der Waals surface area contributed by atoms with Gasteiger partial charge in [-0.1, -0.05) is 6.92 Å². The summed E-state index contributed by atoms with van der Waals surface area (Å²) in [6.45, 7) is 2.20.